The predicted molar refractivity (Wildman–Crippen MR) is 48.2 cm³/mol. The van der Waals surface area contributed by atoms with Crippen LogP contribution in [0.4, 0.5) is 0 Å². The van der Waals surface area contributed by atoms with Gasteiger partial charge in [0.2, 0.25) is 0 Å². The average molecular weight is 369 g/mol. The van der Waals surface area contributed by atoms with Crippen LogP contribution in [0, 0.1) is 40.5 Å². The normalized spacial score (nSPS) is 3.20. The maximum Gasteiger partial charge on any atom is 0 e. The van der Waals surface area contributed by atoms with Crippen LogP contribution >= 0.6 is 0 Å². The van der Waals surface area contributed by atoms with Crippen molar-refractivity contribution in [2.24, 2.45) is 21.4 Å². The molecule has 0 aliphatic heterocycles. The molecule has 0 aliphatic rings. The van der Waals surface area contributed by atoms with E-state index in [9.17, 15) is 0 Å². The van der Waals surface area contributed by atoms with Crippen molar-refractivity contribution in [2.75, 3.05) is 0 Å². The molecule has 0 unspecified atom stereocenters. The van der Waals surface area contributed by atoms with Gasteiger partial charge in [0.25, 0.3) is 0 Å². The first-order valence-corrected chi connectivity index (χ1v) is 1.46. The summed E-state index contributed by atoms with van der Waals surface area (Å²) >= 11 is 0. The smallest absolute Gasteiger partial charge is 0 e. The van der Waals surface area contributed by atoms with E-state index in [1.54, 1.807) is 0 Å². The van der Waals surface area contributed by atoms with Crippen LogP contribution in [0.15, 0.2) is 21.4 Å². The van der Waals surface area contributed by atoms with Crippen molar-refractivity contribution < 1.29 is 20.4 Å². The Balaban J connectivity index is -0.0000000107. The fraction of sp³-hybridized carbons (Fsp3) is 0. The molecule has 0 heterocycles. The first kappa shape index (κ1) is 43.9. The van der Waals surface area contributed by atoms with E-state index in [1.807, 2.05) is 0 Å². The van der Waals surface area contributed by atoms with Crippen molar-refractivity contribution in [3.63, 3.8) is 0 Å². The summed E-state index contributed by atoms with van der Waals surface area (Å²) in [5.41, 5.74) is 0. The van der Waals surface area contributed by atoms with E-state index >= 15 is 0 Å². The number of hydrogen-bond donors (Lipinski definition) is 0. The number of hydrogen-bond acceptors (Lipinski definition) is 12. The van der Waals surface area contributed by atoms with Gasteiger partial charge in [-0.25, -0.2) is 0 Å². The third-order valence-electron chi connectivity index (χ3n) is 0. The van der Waals surface area contributed by atoms with Gasteiger partial charge in [-0.2, -0.15) is 0 Å². The molecule has 2 radical (unpaired) electrons. The SMILES string of the molecule is O=N[O-].O=N[O-].O=N[O-].O=N[O-].[K].[K].[Pd]. The summed E-state index contributed by atoms with van der Waals surface area (Å²) < 4.78 is 0. The molecule has 15 heavy (non-hydrogen) atoms. The molecule has 12 nitrogen and oxygen atoms in total. The van der Waals surface area contributed by atoms with Gasteiger partial charge >= 0.3 is 0 Å². The maximum atomic E-state index is 8.00. The van der Waals surface area contributed by atoms with Crippen LogP contribution in [0.5, 0.6) is 0 Å². The molecule has 0 spiro atoms. The minimum absolute atomic E-state index is 0. The first-order valence-electron chi connectivity index (χ1n) is 1.46. The molecular formula is K2N4O8Pd-4. The summed E-state index contributed by atoms with van der Waals surface area (Å²) in [5.74, 6) is 0. The predicted octanol–water partition coefficient (Wildman–Crippen LogP) is 0.238. The monoisotopic (exact) mass is 368 g/mol. The van der Waals surface area contributed by atoms with Gasteiger partial charge < -0.3 is 40.5 Å². The second-order valence-corrected chi connectivity index (χ2v) is 0.298. The van der Waals surface area contributed by atoms with Crippen molar-refractivity contribution in [3.05, 3.63) is 40.5 Å². The van der Waals surface area contributed by atoms with Gasteiger partial charge in [0.1, 0.15) is 0 Å². The molecule has 0 saturated carbocycles. The van der Waals surface area contributed by atoms with Crippen molar-refractivity contribution in [3.8, 4) is 0 Å². The fourth-order valence-electron chi connectivity index (χ4n) is 0. The van der Waals surface area contributed by atoms with E-state index in [4.69, 9.17) is 40.5 Å². The van der Waals surface area contributed by atoms with Crippen molar-refractivity contribution in [1.82, 2.24) is 0 Å². The van der Waals surface area contributed by atoms with E-state index in [0.29, 0.717) is 0 Å². The van der Waals surface area contributed by atoms with Crippen LogP contribution in [0.1, 0.15) is 0 Å². The molecule has 0 amide bonds. The van der Waals surface area contributed by atoms with Crippen LogP contribution in [0.2, 0.25) is 0 Å². The van der Waals surface area contributed by atoms with Crippen molar-refractivity contribution >= 4 is 103 Å². The second-order valence-electron chi connectivity index (χ2n) is 0.298. The minimum atomic E-state index is 0. The molecule has 0 fully saturated rings. The first-order chi connectivity index (χ1) is 5.66. The van der Waals surface area contributed by atoms with E-state index < -0.39 is 0 Å². The Labute approximate surface area is 181 Å². The van der Waals surface area contributed by atoms with E-state index in [1.165, 1.54) is 0 Å². The third-order valence-corrected chi connectivity index (χ3v) is 0. The van der Waals surface area contributed by atoms with Gasteiger partial charge in [0.15, 0.2) is 0 Å². The largest absolute Gasteiger partial charge is 0.444 e. The van der Waals surface area contributed by atoms with Crippen LogP contribution in [0.25, 0.3) is 0 Å². The van der Waals surface area contributed by atoms with Gasteiger partial charge in [0.05, 0.1) is 0 Å². The van der Waals surface area contributed by atoms with E-state index in [2.05, 4.69) is 0 Å². The third kappa shape index (κ3) is 1210. The second kappa shape index (κ2) is 107. The molecule has 0 atom stereocenters. The quantitative estimate of drug-likeness (QED) is 0.327. The van der Waals surface area contributed by atoms with Crippen molar-refractivity contribution in [1.29, 1.82) is 0 Å². The average Bonchev–Trinajstić information content (AvgIpc) is 1.92. The molecule has 0 bridgehead atoms. The Morgan fingerprint density at radius 1 is 0.533 bits per heavy atom. The molecule has 0 saturated heterocycles. The molecule has 0 aromatic carbocycles. The van der Waals surface area contributed by atoms with Gasteiger partial charge in [-0.3, -0.25) is 0 Å². The Kier molecular flexibility index (Phi) is 313. The zero-order chi connectivity index (χ0) is 10.8. The Hall–Kier alpha value is 1.54. The maximum absolute atomic E-state index is 8.00. The van der Waals surface area contributed by atoms with Gasteiger partial charge in [-0.15, -0.1) is 21.4 Å². The molecular weight excluding hydrogens is 369 g/mol. The number of rotatable bonds is 0. The van der Waals surface area contributed by atoms with Gasteiger partial charge in [0, 0.05) is 123 Å². The molecule has 0 aromatic heterocycles. The number of nitrogens with zero attached hydrogens (tertiary/aromatic N) is 4. The van der Waals surface area contributed by atoms with Gasteiger partial charge in [-0.1, -0.05) is 0 Å². The zero-order valence-corrected chi connectivity index (χ0v) is 15.2. The van der Waals surface area contributed by atoms with Gasteiger partial charge in [-0.05, 0) is 0 Å². The Morgan fingerprint density at radius 3 is 0.533 bits per heavy atom. The zero-order valence-electron chi connectivity index (χ0n) is 7.37. The molecule has 15 heteroatoms. The summed E-state index contributed by atoms with van der Waals surface area (Å²) in [7, 11) is 0. The molecule has 0 rings (SSSR count). The van der Waals surface area contributed by atoms with Crippen LogP contribution < -0.4 is 0 Å². The molecule has 0 aromatic rings. The summed E-state index contributed by atoms with van der Waals surface area (Å²) in [4.78, 5) is 32.0. The summed E-state index contributed by atoms with van der Waals surface area (Å²) in [6.45, 7) is 0. The summed E-state index contributed by atoms with van der Waals surface area (Å²) in [6.07, 6.45) is 0. The summed E-state index contributed by atoms with van der Waals surface area (Å²) in [5, 5.41) is 36.0. The van der Waals surface area contributed by atoms with Crippen LogP contribution in [0.3, 0.4) is 0 Å². The Bertz CT molecular complexity index is 78.6. The Morgan fingerprint density at radius 2 is 0.533 bits per heavy atom. The standard InChI is InChI=1S/2K.4HNO2.Pd/c;;4*2-1-3;/h;;4*(H,2,3);/p-4. The van der Waals surface area contributed by atoms with E-state index in [-0.39, 0.29) is 123 Å². The van der Waals surface area contributed by atoms with Crippen LogP contribution in [-0.4, -0.2) is 103 Å². The molecule has 84 valence electrons. The fourth-order valence-corrected chi connectivity index (χ4v) is 0. The van der Waals surface area contributed by atoms with Crippen LogP contribution in [-0.2, 0) is 20.4 Å². The topological polar surface area (TPSA) is 210 Å². The van der Waals surface area contributed by atoms with Crippen molar-refractivity contribution in [2.45, 2.75) is 0 Å². The summed E-state index contributed by atoms with van der Waals surface area (Å²) in [6, 6.07) is 0. The molecule has 0 N–H and O–H groups in total. The minimum Gasteiger partial charge on any atom is -0.444 e. The van der Waals surface area contributed by atoms with E-state index in [0.717, 1.165) is 21.4 Å². The molecule has 0 aliphatic carbocycles.